The molecule has 0 saturated carbocycles. The van der Waals surface area contributed by atoms with E-state index in [0.29, 0.717) is 65.8 Å². The molecule has 5 rings (SSSR count). The van der Waals surface area contributed by atoms with Crippen LogP contribution in [-0.2, 0) is 18.5 Å². The first-order chi connectivity index (χ1) is 18.4. The van der Waals surface area contributed by atoms with Gasteiger partial charge in [-0.15, -0.1) is 0 Å². The van der Waals surface area contributed by atoms with Crippen LogP contribution in [0.4, 0.5) is 21.7 Å². The van der Waals surface area contributed by atoms with Crippen molar-refractivity contribution in [2.75, 3.05) is 48.9 Å². The smallest absolute Gasteiger partial charge is 0.278 e. The van der Waals surface area contributed by atoms with Gasteiger partial charge in [0.15, 0.2) is 5.65 Å². The van der Waals surface area contributed by atoms with Gasteiger partial charge in [0, 0.05) is 55.2 Å². The van der Waals surface area contributed by atoms with Gasteiger partial charge < -0.3 is 20.3 Å². The number of alkyl halides is 1. The Morgan fingerprint density at radius 2 is 1.92 bits per heavy atom. The SMILES string of the molecule is CNc1ncc2nc(-c3cc(NC(=O)c4ccc(N5CCOCC5)c(CF)c4)ccc3C)c(=O)n(C)c2n1. The number of rotatable bonds is 6. The number of aromatic nitrogens is 4. The van der Waals surface area contributed by atoms with Crippen LogP contribution in [0, 0.1) is 6.92 Å². The number of ether oxygens (including phenoxy) is 1. The zero-order valence-corrected chi connectivity index (χ0v) is 21.4. The largest absolute Gasteiger partial charge is 0.378 e. The molecule has 0 atom stereocenters. The molecule has 2 aromatic carbocycles. The van der Waals surface area contributed by atoms with Crippen molar-refractivity contribution in [3.8, 4) is 11.3 Å². The molecule has 0 bridgehead atoms. The number of fused-ring (bicyclic) bond motifs is 1. The van der Waals surface area contributed by atoms with Crippen LogP contribution in [0.25, 0.3) is 22.4 Å². The van der Waals surface area contributed by atoms with E-state index >= 15 is 0 Å². The number of anilines is 3. The molecule has 0 aliphatic carbocycles. The van der Waals surface area contributed by atoms with E-state index in [9.17, 15) is 14.0 Å². The molecular formula is C27H28FN7O3. The third-order valence-electron chi connectivity index (χ3n) is 6.62. The lowest BCUT2D eigenvalue weighted by Gasteiger charge is -2.30. The van der Waals surface area contributed by atoms with Crippen LogP contribution in [0.5, 0.6) is 0 Å². The molecule has 3 heterocycles. The number of nitrogens with one attached hydrogen (secondary N) is 2. The molecule has 11 heteroatoms. The van der Waals surface area contributed by atoms with Crippen molar-refractivity contribution >= 4 is 34.4 Å². The normalized spacial score (nSPS) is 13.5. The van der Waals surface area contributed by atoms with Gasteiger partial charge in [-0.1, -0.05) is 6.07 Å². The van der Waals surface area contributed by atoms with E-state index < -0.39 is 6.67 Å². The Hall–Kier alpha value is -4.38. The lowest BCUT2D eigenvalue weighted by molar-refractivity contribution is 0.102. The Bertz CT molecular complexity index is 1580. The maximum Gasteiger partial charge on any atom is 0.278 e. The Morgan fingerprint density at radius 1 is 1.13 bits per heavy atom. The van der Waals surface area contributed by atoms with E-state index in [2.05, 4.69) is 30.5 Å². The summed E-state index contributed by atoms with van der Waals surface area (Å²) in [5.74, 6) is 0.00670. The van der Waals surface area contributed by atoms with Crippen LogP contribution >= 0.6 is 0 Å². The monoisotopic (exact) mass is 517 g/mol. The van der Waals surface area contributed by atoms with Crippen LogP contribution in [0.2, 0.25) is 0 Å². The second-order valence-electron chi connectivity index (χ2n) is 9.04. The minimum Gasteiger partial charge on any atom is -0.378 e. The van der Waals surface area contributed by atoms with E-state index in [4.69, 9.17) is 4.74 Å². The predicted molar refractivity (Wildman–Crippen MR) is 145 cm³/mol. The average Bonchev–Trinajstić information content (AvgIpc) is 2.96. The number of hydrogen-bond acceptors (Lipinski definition) is 8. The molecule has 1 aliphatic rings. The maximum absolute atomic E-state index is 13.9. The molecule has 1 amide bonds. The van der Waals surface area contributed by atoms with E-state index in [1.165, 1.54) is 4.57 Å². The molecule has 2 aromatic heterocycles. The van der Waals surface area contributed by atoms with Crippen LogP contribution in [-0.4, -0.2) is 58.8 Å². The Morgan fingerprint density at radius 3 is 2.66 bits per heavy atom. The fourth-order valence-electron chi connectivity index (χ4n) is 4.52. The van der Waals surface area contributed by atoms with Gasteiger partial charge in [-0.05, 0) is 42.8 Å². The molecule has 1 fully saturated rings. The predicted octanol–water partition coefficient (Wildman–Crippen LogP) is 3.30. The van der Waals surface area contributed by atoms with E-state index in [-0.39, 0.29) is 17.2 Å². The van der Waals surface area contributed by atoms with Crippen molar-refractivity contribution in [3.63, 3.8) is 0 Å². The molecule has 1 saturated heterocycles. The summed E-state index contributed by atoms with van der Waals surface area (Å²) in [6, 6.07) is 10.3. The van der Waals surface area contributed by atoms with Gasteiger partial charge in [0.05, 0.1) is 19.4 Å². The highest BCUT2D eigenvalue weighted by Crippen LogP contribution is 2.27. The molecule has 1 aliphatic heterocycles. The number of amides is 1. The Kier molecular flexibility index (Phi) is 7.01. The number of hydrogen-bond donors (Lipinski definition) is 2. The second-order valence-corrected chi connectivity index (χ2v) is 9.04. The standard InChI is InChI=1S/C27H28FN7O3/c1-16-4-6-19(13-20(16)23-26(37)34(3)24-21(32-23)15-30-27(29-2)33-24)31-25(36)17-5-7-22(18(12-17)14-28)35-8-10-38-11-9-35/h4-7,12-13,15H,8-11,14H2,1-3H3,(H,31,36)(H,29,30,33). The fraction of sp³-hybridized carbons (Fsp3) is 0.296. The van der Waals surface area contributed by atoms with Crippen LogP contribution in [0.1, 0.15) is 21.5 Å². The second kappa shape index (κ2) is 10.5. The topological polar surface area (TPSA) is 114 Å². The van der Waals surface area contributed by atoms with Gasteiger partial charge in [-0.2, -0.15) is 4.98 Å². The highest BCUT2D eigenvalue weighted by atomic mass is 19.1. The lowest BCUT2D eigenvalue weighted by Crippen LogP contribution is -2.36. The van der Waals surface area contributed by atoms with Crippen molar-refractivity contribution in [1.82, 2.24) is 19.5 Å². The van der Waals surface area contributed by atoms with E-state index in [1.807, 2.05) is 13.0 Å². The summed E-state index contributed by atoms with van der Waals surface area (Å²) in [4.78, 5) is 41.4. The molecule has 38 heavy (non-hydrogen) atoms. The van der Waals surface area contributed by atoms with Crippen molar-refractivity contribution in [2.45, 2.75) is 13.6 Å². The summed E-state index contributed by atoms with van der Waals surface area (Å²) < 4.78 is 20.7. The van der Waals surface area contributed by atoms with E-state index in [0.717, 1.165) is 11.3 Å². The number of benzene rings is 2. The highest BCUT2D eigenvalue weighted by molar-refractivity contribution is 6.05. The zero-order valence-electron chi connectivity index (χ0n) is 21.4. The number of carbonyl (C=O) groups is 1. The van der Waals surface area contributed by atoms with Gasteiger partial charge in [0.25, 0.3) is 11.5 Å². The highest BCUT2D eigenvalue weighted by Gasteiger charge is 2.19. The number of aryl methyl sites for hydroxylation is 2. The van der Waals surface area contributed by atoms with Gasteiger partial charge in [-0.3, -0.25) is 14.2 Å². The third kappa shape index (κ3) is 4.80. The number of carbonyl (C=O) groups excluding carboxylic acids is 1. The molecular weight excluding hydrogens is 489 g/mol. The first-order valence-corrected chi connectivity index (χ1v) is 12.2. The summed E-state index contributed by atoms with van der Waals surface area (Å²) in [5, 5.41) is 5.72. The molecule has 2 N–H and O–H groups in total. The van der Waals surface area contributed by atoms with Gasteiger partial charge in [0.2, 0.25) is 5.95 Å². The maximum atomic E-state index is 13.9. The molecule has 0 unspecified atom stereocenters. The molecule has 10 nitrogen and oxygen atoms in total. The van der Waals surface area contributed by atoms with Crippen molar-refractivity contribution in [2.24, 2.45) is 7.05 Å². The van der Waals surface area contributed by atoms with Crippen molar-refractivity contribution in [3.05, 3.63) is 69.6 Å². The van der Waals surface area contributed by atoms with Crippen molar-refractivity contribution in [1.29, 1.82) is 0 Å². The number of nitrogens with zero attached hydrogens (tertiary/aromatic N) is 5. The third-order valence-corrected chi connectivity index (χ3v) is 6.62. The minimum absolute atomic E-state index is 0.226. The summed E-state index contributed by atoms with van der Waals surface area (Å²) >= 11 is 0. The van der Waals surface area contributed by atoms with Gasteiger partial charge in [0.1, 0.15) is 17.9 Å². The van der Waals surface area contributed by atoms with Crippen LogP contribution < -0.4 is 21.1 Å². The van der Waals surface area contributed by atoms with Crippen molar-refractivity contribution < 1.29 is 13.9 Å². The van der Waals surface area contributed by atoms with Gasteiger partial charge >= 0.3 is 0 Å². The summed E-state index contributed by atoms with van der Waals surface area (Å²) in [6.45, 7) is 3.71. The molecule has 0 spiro atoms. The first kappa shape index (κ1) is 25.3. The van der Waals surface area contributed by atoms with Gasteiger partial charge in [-0.25, -0.2) is 14.4 Å². The minimum atomic E-state index is -0.682. The van der Waals surface area contributed by atoms with Crippen LogP contribution in [0.3, 0.4) is 0 Å². The average molecular weight is 518 g/mol. The molecule has 196 valence electrons. The Labute approximate surface area is 218 Å². The fourth-order valence-corrected chi connectivity index (χ4v) is 4.52. The lowest BCUT2D eigenvalue weighted by atomic mass is 10.0. The zero-order chi connectivity index (χ0) is 26.8. The Balaban J connectivity index is 1.45. The molecule has 0 radical (unpaired) electrons. The number of halogens is 1. The summed E-state index contributed by atoms with van der Waals surface area (Å²) in [7, 11) is 3.33. The van der Waals surface area contributed by atoms with E-state index in [1.54, 1.807) is 50.6 Å². The number of morpholine rings is 1. The van der Waals surface area contributed by atoms with Crippen LogP contribution in [0.15, 0.2) is 47.4 Å². The first-order valence-electron chi connectivity index (χ1n) is 12.2. The quantitative estimate of drug-likeness (QED) is 0.401. The summed E-state index contributed by atoms with van der Waals surface area (Å²) in [6.07, 6.45) is 1.56. The molecule has 4 aromatic rings. The summed E-state index contributed by atoms with van der Waals surface area (Å²) in [5.41, 5.74) is 4.23.